The Morgan fingerprint density at radius 3 is 2.07 bits per heavy atom. The van der Waals surface area contributed by atoms with Crippen LogP contribution in [0.3, 0.4) is 0 Å². The summed E-state index contributed by atoms with van der Waals surface area (Å²) in [6.45, 7) is 7.24. The first-order valence-electron chi connectivity index (χ1n) is 9.66. The highest BCUT2D eigenvalue weighted by Gasteiger charge is 2.50. The van der Waals surface area contributed by atoms with Crippen molar-refractivity contribution in [2.24, 2.45) is 5.73 Å². The number of rotatable bonds is 6. The first-order chi connectivity index (χ1) is 13.4. The second-order valence-electron chi connectivity index (χ2n) is 8.85. The summed E-state index contributed by atoms with van der Waals surface area (Å²) >= 11 is 5.40. The summed E-state index contributed by atoms with van der Waals surface area (Å²) in [4.78, 5) is 2.09. The maximum absolute atomic E-state index is 11.4. The number of nitrogens with zero attached hydrogens (tertiary/aromatic N) is 1. The number of nitrogens with two attached hydrogens (primary N) is 1. The smallest absolute Gasteiger partial charge is 0.229 e. The molecule has 1 aliphatic rings. The summed E-state index contributed by atoms with van der Waals surface area (Å²) in [5.74, 6) is 0. The van der Waals surface area contributed by atoms with Gasteiger partial charge in [-0.05, 0) is 59.3 Å². The van der Waals surface area contributed by atoms with Gasteiger partial charge in [0.05, 0.1) is 11.8 Å². The molecule has 0 heterocycles. The molecule has 3 rings (SSSR count). The van der Waals surface area contributed by atoms with Crippen LogP contribution in [0.15, 0.2) is 48.5 Å². The van der Waals surface area contributed by atoms with E-state index in [0.29, 0.717) is 17.3 Å². The van der Waals surface area contributed by atoms with E-state index in [4.69, 9.17) is 18.0 Å². The number of hydrogen-bond acceptors (Lipinski definition) is 3. The van der Waals surface area contributed by atoms with Crippen LogP contribution in [-0.2, 0) is 27.5 Å². The van der Waals surface area contributed by atoms with Gasteiger partial charge in [-0.15, -0.1) is 0 Å². The van der Waals surface area contributed by atoms with Gasteiger partial charge in [0.1, 0.15) is 0 Å². The van der Waals surface area contributed by atoms with Gasteiger partial charge in [-0.3, -0.25) is 4.72 Å². The van der Waals surface area contributed by atoms with Crippen molar-refractivity contribution in [1.82, 2.24) is 4.90 Å². The van der Waals surface area contributed by atoms with Crippen molar-refractivity contribution in [2.75, 3.05) is 11.0 Å². The van der Waals surface area contributed by atoms with Crippen molar-refractivity contribution in [3.8, 4) is 0 Å². The first-order valence-corrected chi connectivity index (χ1v) is 12.0. The quantitative estimate of drug-likeness (QED) is 0.674. The largest absolute Gasteiger partial charge is 0.376 e. The average Bonchev–Trinajstić information content (AvgIpc) is 3.40. The molecule has 1 saturated carbocycles. The van der Waals surface area contributed by atoms with Crippen LogP contribution in [0.2, 0.25) is 0 Å². The molecule has 0 aliphatic heterocycles. The molecule has 2 aromatic carbocycles. The summed E-state index contributed by atoms with van der Waals surface area (Å²) < 4.78 is 25.4. The van der Waals surface area contributed by atoms with Crippen molar-refractivity contribution in [3.05, 3.63) is 65.2 Å². The summed E-state index contributed by atoms with van der Waals surface area (Å²) in [5, 5.41) is 0.376. The maximum atomic E-state index is 11.4. The Hall–Kier alpha value is -2.12. The zero-order valence-corrected chi connectivity index (χ0v) is 19.0. The average molecular weight is 432 g/mol. The van der Waals surface area contributed by atoms with E-state index in [0.717, 1.165) is 30.2 Å². The van der Waals surface area contributed by atoms with E-state index in [1.165, 1.54) is 5.56 Å². The van der Waals surface area contributed by atoms with Crippen molar-refractivity contribution < 1.29 is 8.42 Å². The van der Waals surface area contributed by atoms with Crippen molar-refractivity contribution >= 4 is 33.0 Å². The molecular weight excluding hydrogens is 402 g/mol. The van der Waals surface area contributed by atoms with Gasteiger partial charge >= 0.3 is 0 Å². The number of benzene rings is 2. The van der Waals surface area contributed by atoms with Crippen LogP contribution in [0, 0.1) is 0 Å². The van der Waals surface area contributed by atoms with E-state index in [9.17, 15) is 8.42 Å². The van der Waals surface area contributed by atoms with E-state index in [1.54, 1.807) is 12.1 Å². The molecular formula is C22H29N3O2S2. The molecule has 0 amide bonds. The summed E-state index contributed by atoms with van der Waals surface area (Å²) in [6.07, 6.45) is 3.06. The van der Waals surface area contributed by atoms with E-state index in [2.05, 4.69) is 54.7 Å². The molecule has 0 radical (unpaired) electrons. The highest BCUT2D eigenvalue weighted by atomic mass is 32.2. The fourth-order valence-corrected chi connectivity index (χ4v) is 4.43. The van der Waals surface area contributed by atoms with Gasteiger partial charge in [-0.25, -0.2) is 8.42 Å². The van der Waals surface area contributed by atoms with Gasteiger partial charge in [0, 0.05) is 12.2 Å². The van der Waals surface area contributed by atoms with Gasteiger partial charge in [-0.2, -0.15) is 0 Å². The lowest BCUT2D eigenvalue weighted by molar-refractivity contribution is 0.288. The third kappa shape index (κ3) is 5.08. The zero-order chi connectivity index (χ0) is 21.4. The third-order valence-electron chi connectivity index (χ3n) is 5.39. The Balaban J connectivity index is 1.82. The molecule has 7 heteroatoms. The first kappa shape index (κ1) is 21.6. The molecule has 0 saturated heterocycles. The SMILES string of the molecule is CC(C)(C)c1ccc(CN(C(N)=S)C2(c3ccc(NS(C)(=O)=O)cc3)CC2)cc1. The molecule has 5 nitrogen and oxygen atoms in total. The fourth-order valence-electron chi connectivity index (χ4n) is 3.63. The number of hydrogen-bond donors (Lipinski definition) is 2. The maximum Gasteiger partial charge on any atom is 0.229 e. The van der Waals surface area contributed by atoms with Crippen LogP contribution in [0.5, 0.6) is 0 Å². The molecule has 29 heavy (non-hydrogen) atoms. The van der Waals surface area contributed by atoms with Crippen LogP contribution in [0.1, 0.15) is 50.3 Å². The monoisotopic (exact) mass is 431 g/mol. The van der Waals surface area contributed by atoms with E-state index in [-0.39, 0.29) is 11.0 Å². The van der Waals surface area contributed by atoms with Crippen LogP contribution in [-0.4, -0.2) is 24.7 Å². The van der Waals surface area contributed by atoms with Gasteiger partial charge in [0.15, 0.2) is 5.11 Å². The molecule has 1 fully saturated rings. The van der Waals surface area contributed by atoms with Crippen molar-refractivity contribution in [3.63, 3.8) is 0 Å². The Morgan fingerprint density at radius 2 is 1.66 bits per heavy atom. The normalized spacial score (nSPS) is 15.6. The molecule has 0 aromatic heterocycles. The van der Waals surface area contributed by atoms with Crippen molar-refractivity contribution in [1.29, 1.82) is 0 Å². The minimum atomic E-state index is -3.30. The Morgan fingerprint density at radius 1 is 1.10 bits per heavy atom. The molecule has 156 valence electrons. The topological polar surface area (TPSA) is 75.4 Å². The third-order valence-corrected chi connectivity index (χ3v) is 6.22. The Labute approximate surface area is 179 Å². The molecule has 1 aliphatic carbocycles. The van der Waals surface area contributed by atoms with Crippen LogP contribution >= 0.6 is 12.2 Å². The van der Waals surface area contributed by atoms with E-state index >= 15 is 0 Å². The van der Waals surface area contributed by atoms with Crippen molar-refractivity contribution in [2.45, 2.75) is 51.1 Å². The fraction of sp³-hybridized carbons (Fsp3) is 0.409. The van der Waals surface area contributed by atoms with Crippen LogP contribution in [0.4, 0.5) is 5.69 Å². The lowest BCUT2D eigenvalue weighted by atomic mass is 9.86. The van der Waals surface area contributed by atoms with Gasteiger partial charge < -0.3 is 10.6 Å². The Kier molecular flexibility index (Phi) is 5.66. The highest BCUT2D eigenvalue weighted by molar-refractivity contribution is 7.92. The van der Waals surface area contributed by atoms with Gasteiger partial charge in [-0.1, -0.05) is 57.2 Å². The minimum absolute atomic E-state index is 0.112. The lowest BCUT2D eigenvalue weighted by Gasteiger charge is -2.33. The molecule has 0 unspecified atom stereocenters. The predicted molar refractivity (Wildman–Crippen MR) is 123 cm³/mol. The number of anilines is 1. The van der Waals surface area contributed by atoms with Crippen LogP contribution < -0.4 is 10.5 Å². The minimum Gasteiger partial charge on any atom is -0.376 e. The summed E-state index contributed by atoms with van der Waals surface area (Å²) in [6, 6.07) is 16.1. The molecule has 3 N–H and O–H groups in total. The number of nitrogens with one attached hydrogen (secondary N) is 1. The summed E-state index contributed by atoms with van der Waals surface area (Å²) in [7, 11) is -3.30. The Bertz CT molecular complexity index is 988. The van der Waals surface area contributed by atoms with Gasteiger partial charge in [0.2, 0.25) is 10.0 Å². The molecule has 0 spiro atoms. The standard InChI is InChI=1S/C22H29N3O2S2/c1-21(2,3)17-7-5-16(6-8-17)15-25(20(23)28)22(13-14-22)18-9-11-19(12-10-18)24-29(4,26)27/h5-12,24H,13-15H2,1-4H3,(H2,23,28). The predicted octanol–water partition coefficient (Wildman–Crippen LogP) is 4.09. The second kappa shape index (κ2) is 7.61. The molecule has 0 bridgehead atoms. The number of thiocarbonyl (C=S) groups is 1. The molecule has 0 atom stereocenters. The second-order valence-corrected chi connectivity index (χ2v) is 11.0. The van der Waals surface area contributed by atoms with Gasteiger partial charge in [0.25, 0.3) is 0 Å². The molecule has 2 aromatic rings. The summed E-state index contributed by atoms with van der Waals surface area (Å²) in [5.41, 5.74) is 10.1. The number of sulfonamides is 1. The lowest BCUT2D eigenvalue weighted by Crippen LogP contribution is -2.43. The zero-order valence-electron chi connectivity index (χ0n) is 17.4. The van der Waals surface area contributed by atoms with E-state index < -0.39 is 10.0 Å². The van der Waals surface area contributed by atoms with Crippen LogP contribution in [0.25, 0.3) is 0 Å². The van der Waals surface area contributed by atoms with E-state index in [1.807, 2.05) is 12.1 Å². The highest BCUT2D eigenvalue weighted by Crippen LogP contribution is 2.51.